The number of hydrogen-bond acceptors (Lipinski definition) is 7. The lowest BCUT2D eigenvalue weighted by Crippen LogP contribution is -2.64. The first-order valence-corrected chi connectivity index (χ1v) is 12.3. The number of halogens is 1. The number of aromatic nitrogens is 2. The number of benzene rings is 1. The predicted octanol–water partition coefficient (Wildman–Crippen LogP) is 3.37. The van der Waals surface area contributed by atoms with Crippen molar-refractivity contribution in [2.75, 3.05) is 39.3 Å². The van der Waals surface area contributed by atoms with Crippen LogP contribution in [0, 0.1) is 5.82 Å². The van der Waals surface area contributed by atoms with E-state index in [1.54, 1.807) is 35.5 Å². The van der Waals surface area contributed by atoms with Gasteiger partial charge in [-0.3, -0.25) is 14.5 Å². The molecule has 0 spiro atoms. The SMILES string of the molecule is O=C(c1cc2cc(-c3ccc(F)cc3)cnc2o1)N1CC(N2CCN(C(=O)c3nccs3)CC2)C1. The van der Waals surface area contributed by atoms with Gasteiger partial charge in [0, 0.05) is 74.0 Å². The number of pyridine rings is 1. The molecule has 5 heterocycles. The Bertz CT molecular complexity index is 1370. The van der Waals surface area contributed by atoms with E-state index in [-0.39, 0.29) is 29.4 Å². The van der Waals surface area contributed by atoms with Crippen LogP contribution in [0.4, 0.5) is 4.39 Å². The topological polar surface area (TPSA) is 82.8 Å². The van der Waals surface area contributed by atoms with Crippen LogP contribution in [0.3, 0.4) is 0 Å². The number of carbonyl (C=O) groups excluding carboxylic acids is 2. The average Bonchev–Trinajstić information content (AvgIpc) is 3.53. The zero-order chi connectivity index (χ0) is 23.9. The maximum Gasteiger partial charge on any atom is 0.289 e. The van der Waals surface area contributed by atoms with Crippen LogP contribution in [0.5, 0.6) is 0 Å². The van der Waals surface area contributed by atoms with Crippen molar-refractivity contribution < 1.29 is 18.4 Å². The van der Waals surface area contributed by atoms with Crippen LogP contribution in [-0.2, 0) is 0 Å². The largest absolute Gasteiger partial charge is 0.433 e. The Labute approximate surface area is 204 Å². The summed E-state index contributed by atoms with van der Waals surface area (Å²) >= 11 is 1.36. The highest BCUT2D eigenvalue weighted by Gasteiger charge is 2.38. The summed E-state index contributed by atoms with van der Waals surface area (Å²) in [5.74, 6) is -0.190. The lowest BCUT2D eigenvalue weighted by molar-refractivity contribution is 0.00707. The van der Waals surface area contributed by atoms with E-state index >= 15 is 0 Å². The molecule has 0 N–H and O–H groups in total. The van der Waals surface area contributed by atoms with Crippen molar-refractivity contribution in [2.24, 2.45) is 0 Å². The van der Waals surface area contributed by atoms with Crippen molar-refractivity contribution in [2.45, 2.75) is 6.04 Å². The molecule has 3 aromatic heterocycles. The van der Waals surface area contributed by atoms with Crippen LogP contribution in [0.15, 0.2) is 58.6 Å². The Morgan fingerprint density at radius 1 is 0.943 bits per heavy atom. The summed E-state index contributed by atoms with van der Waals surface area (Å²) in [4.78, 5) is 39.9. The van der Waals surface area contributed by atoms with Crippen LogP contribution in [0.1, 0.15) is 20.4 Å². The molecule has 0 bridgehead atoms. The van der Waals surface area contributed by atoms with Crippen molar-refractivity contribution in [1.29, 1.82) is 0 Å². The van der Waals surface area contributed by atoms with Crippen molar-refractivity contribution in [3.8, 4) is 11.1 Å². The van der Waals surface area contributed by atoms with E-state index in [2.05, 4.69) is 14.9 Å². The van der Waals surface area contributed by atoms with E-state index in [9.17, 15) is 14.0 Å². The van der Waals surface area contributed by atoms with Crippen LogP contribution in [0.2, 0.25) is 0 Å². The van der Waals surface area contributed by atoms with Gasteiger partial charge in [-0.15, -0.1) is 11.3 Å². The first-order chi connectivity index (χ1) is 17.0. The van der Waals surface area contributed by atoms with E-state index in [0.717, 1.165) is 29.6 Å². The lowest BCUT2D eigenvalue weighted by Gasteiger charge is -2.47. The molecule has 4 aromatic rings. The standard InChI is InChI=1S/C25H22FN5O3S/c26-19-3-1-16(2-4-19)18-11-17-12-21(34-22(17)28-13-18)24(32)31-14-20(15-31)29-6-8-30(9-7-29)25(33)23-27-5-10-35-23/h1-5,10-13,20H,6-9,14-15H2. The van der Waals surface area contributed by atoms with Gasteiger partial charge in [0.1, 0.15) is 5.82 Å². The molecule has 0 atom stereocenters. The summed E-state index contributed by atoms with van der Waals surface area (Å²) in [7, 11) is 0. The third-order valence-electron chi connectivity index (χ3n) is 6.64. The maximum absolute atomic E-state index is 13.2. The molecule has 2 fully saturated rings. The molecule has 10 heteroatoms. The minimum Gasteiger partial charge on any atom is -0.433 e. The highest BCUT2D eigenvalue weighted by Crippen LogP contribution is 2.27. The van der Waals surface area contributed by atoms with Crippen molar-refractivity contribution >= 4 is 34.3 Å². The number of thiazole rings is 1. The summed E-state index contributed by atoms with van der Waals surface area (Å²) in [6.45, 7) is 4.15. The van der Waals surface area contributed by atoms with Gasteiger partial charge in [0.25, 0.3) is 11.8 Å². The van der Waals surface area contributed by atoms with E-state index in [1.807, 2.05) is 16.3 Å². The molecule has 2 amide bonds. The van der Waals surface area contributed by atoms with Gasteiger partial charge in [0.2, 0.25) is 5.71 Å². The van der Waals surface area contributed by atoms with Gasteiger partial charge in [-0.05, 0) is 29.8 Å². The Balaban J connectivity index is 1.06. The quantitative estimate of drug-likeness (QED) is 0.435. The number of likely N-dealkylation sites (tertiary alicyclic amines) is 1. The summed E-state index contributed by atoms with van der Waals surface area (Å²) in [6, 6.07) is 10.1. The van der Waals surface area contributed by atoms with E-state index in [4.69, 9.17) is 4.42 Å². The number of carbonyl (C=O) groups is 2. The predicted molar refractivity (Wildman–Crippen MR) is 129 cm³/mol. The third kappa shape index (κ3) is 4.19. The highest BCUT2D eigenvalue weighted by molar-refractivity contribution is 7.11. The Hall–Kier alpha value is -3.63. The van der Waals surface area contributed by atoms with Gasteiger partial charge in [-0.2, -0.15) is 0 Å². The van der Waals surface area contributed by atoms with E-state index < -0.39 is 0 Å². The third-order valence-corrected chi connectivity index (χ3v) is 7.40. The molecule has 2 aliphatic heterocycles. The average molecular weight is 492 g/mol. The van der Waals surface area contributed by atoms with Gasteiger partial charge in [-0.25, -0.2) is 14.4 Å². The van der Waals surface area contributed by atoms with Crippen LogP contribution in [0.25, 0.3) is 22.2 Å². The molecule has 35 heavy (non-hydrogen) atoms. The number of hydrogen-bond donors (Lipinski definition) is 0. The van der Waals surface area contributed by atoms with Gasteiger partial charge in [0.05, 0.1) is 0 Å². The Morgan fingerprint density at radius 2 is 1.71 bits per heavy atom. The van der Waals surface area contributed by atoms with Gasteiger partial charge in [-0.1, -0.05) is 12.1 Å². The molecule has 6 rings (SSSR count). The van der Waals surface area contributed by atoms with E-state index in [0.29, 0.717) is 36.9 Å². The lowest BCUT2D eigenvalue weighted by atomic mass is 10.0. The summed E-state index contributed by atoms with van der Waals surface area (Å²) < 4.78 is 18.9. The number of piperazine rings is 1. The zero-order valence-electron chi connectivity index (χ0n) is 18.8. The Morgan fingerprint density at radius 3 is 2.43 bits per heavy atom. The fraction of sp³-hybridized carbons (Fsp3) is 0.280. The molecule has 2 aliphatic rings. The molecule has 1 aromatic carbocycles. The van der Waals surface area contributed by atoms with Gasteiger partial charge in [0.15, 0.2) is 10.8 Å². The number of nitrogens with zero attached hydrogens (tertiary/aromatic N) is 5. The summed E-state index contributed by atoms with van der Waals surface area (Å²) in [5.41, 5.74) is 2.07. The second-order valence-corrected chi connectivity index (χ2v) is 9.66. The smallest absolute Gasteiger partial charge is 0.289 e. The second-order valence-electron chi connectivity index (χ2n) is 8.77. The number of furan rings is 1. The minimum atomic E-state index is -0.294. The maximum atomic E-state index is 13.2. The molecular formula is C25H22FN5O3S. The molecular weight excluding hydrogens is 469 g/mol. The molecule has 2 saturated heterocycles. The number of fused-ring (bicyclic) bond motifs is 1. The normalized spacial score (nSPS) is 17.1. The van der Waals surface area contributed by atoms with Crippen molar-refractivity contribution in [3.63, 3.8) is 0 Å². The minimum absolute atomic E-state index is 0.00820. The van der Waals surface area contributed by atoms with E-state index in [1.165, 1.54) is 23.5 Å². The van der Waals surface area contributed by atoms with Crippen LogP contribution >= 0.6 is 11.3 Å². The van der Waals surface area contributed by atoms with Gasteiger partial charge < -0.3 is 14.2 Å². The molecule has 0 saturated carbocycles. The molecule has 8 nitrogen and oxygen atoms in total. The molecule has 0 unspecified atom stereocenters. The fourth-order valence-electron chi connectivity index (χ4n) is 4.60. The second kappa shape index (κ2) is 8.86. The fourth-order valence-corrected chi connectivity index (χ4v) is 5.20. The first-order valence-electron chi connectivity index (χ1n) is 11.4. The summed E-state index contributed by atoms with van der Waals surface area (Å²) in [6.07, 6.45) is 3.31. The first kappa shape index (κ1) is 21.9. The molecule has 0 radical (unpaired) electrons. The van der Waals surface area contributed by atoms with Gasteiger partial charge >= 0.3 is 0 Å². The highest BCUT2D eigenvalue weighted by atomic mass is 32.1. The van der Waals surface area contributed by atoms with Crippen LogP contribution in [-0.4, -0.2) is 81.8 Å². The van der Waals surface area contributed by atoms with Crippen LogP contribution < -0.4 is 0 Å². The molecule has 0 aliphatic carbocycles. The number of amides is 2. The monoisotopic (exact) mass is 491 g/mol. The zero-order valence-corrected chi connectivity index (χ0v) is 19.6. The van der Waals surface area contributed by atoms with Crippen molar-refractivity contribution in [3.05, 3.63) is 70.8 Å². The molecule has 178 valence electrons. The van der Waals surface area contributed by atoms with Crippen molar-refractivity contribution in [1.82, 2.24) is 24.7 Å². The Kier molecular flexibility index (Phi) is 5.54. The number of rotatable bonds is 4. The summed E-state index contributed by atoms with van der Waals surface area (Å²) in [5, 5.41) is 3.07.